The molecule has 0 amide bonds. The molecule has 2 unspecified atom stereocenters. The fourth-order valence-corrected chi connectivity index (χ4v) is 5.59. The summed E-state index contributed by atoms with van der Waals surface area (Å²) >= 11 is 12.6. The zero-order valence-electron chi connectivity index (χ0n) is 18.8. The van der Waals surface area contributed by atoms with Gasteiger partial charge in [-0.1, -0.05) is 85.8 Å². The number of nitrogens with zero attached hydrogens (tertiary/aromatic N) is 2. The first-order valence-electron chi connectivity index (χ1n) is 11.6. The lowest BCUT2D eigenvalue weighted by Gasteiger charge is -2.40. The van der Waals surface area contributed by atoms with Gasteiger partial charge < -0.3 is 0 Å². The van der Waals surface area contributed by atoms with Gasteiger partial charge in [-0.2, -0.15) is 5.26 Å². The van der Waals surface area contributed by atoms with E-state index in [-0.39, 0.29) is 0 Å². The van der Waals surface area contributed by atoms with Gasteiger partial charge in [-0.15, -0.1) is 0 Å². The molecule has 31 heavy (non-hydrogen) atoms. The average molecular weight is 457 g/mol. The second-order valence-corrected chi connectivity index (χ2v) is 9.86. The van der Waals surface area contributed by atoms with Crippen LogP contribution in [0, 0.1) is 17.2 Å². The standard InChI is InChI=1S/C27H34Cl2N2/c1-3-24(31(2)19-21-10-6-4-7-11-21)16-17-27(20-30,22-12-8-5-9-13-22)23-14-15-25(28)26(29)18-23/h4,6-7,10-11,14-15,18,22,24H,3,5,8-9,12-13,16-17,19H2,1-2H3. The predicted octanol–water partition coefficient (Wildman–Crippen LogP) is 8.03. The molecular formula is C27H34Cl2N2. The molecule has 0 saturated heterocycles. The van der Waals surface area contributed by atoms with Crippen molar-refractivity contribution in [1.82, 2.24) is 4.90 Å². The van der Waals surface area contributed by atoms with Gasteiger partial charge in [0, 0.05) is 12.6 Å². The zero-order valence-corrected chi connectivity index (χ0v) is 20.3. The molecule has 0 spiro atoms. The molecule has 2 nitrogen and oxygen atoms in total. The molecule has 2 aromatic rings. The fraction of sp³-hybridized carbons (Fsp3) is 0.519. The Morgan fingerprint density at radius 2 is 1.77 bits per heavy atom. The van der Waals surface area contributed by atoms with Gasteiger partial charge in [-0.25, -0.2) is 0 Å². The summed E-state index contributed by atoms with van der Waals surface area (Å²) in [5, 5.41) is 11.7. The summed E-state index contributed by atoms with van der Waals surface area (Å²) in [6.07, 6.45) is 8.83. The maximum atomic E-state index is 10.6. The van der Waals surface area contributed by atoms with Gasteiger partial charge in [0.1, 0.15) is 0 Å². The number of benzene rings is 2. The van der Waals surface area contributed by atoms with Crippen molar-refractivity contribution in [3.8, 4) is 6.07 Å². The van der Waals surface area contributed by atoms with Crippen molar-refractivity contribution in [2.45, 2.75) is 76.3 Å². The second kappa shape index (κ2) is 11.4. The number of hydrogen-bond acceptors (Lipinski definition) is 2. The van der Waals surface area contributed by atoms with E-state index in [1.165, 1.54) is 24.8 Å². The highest BCUT2D eigenvalue weighted by molar-refractivity contribution is 6.42. The Kier molecular flexibility index (Phi) is 8.85. The maximum Gasteiger partial charge on any atom is 0.0851 e. The minimum Gasteiger partial charge on any atom is -0.299 e. The minimum absolute atomic E-state index is 0.375. The van der Waals surface area contributed by atoms with Crippen LogP contribution in [0.2, 0.25) is 10.0 Å². The van der Waals surface area contributed by atoms with Crippen molar-refractivity contribution in [2.24, 2.45) is 5.92 Å². The van der Waals surface area contributed by atoms with Crippen LogP contribution in [-0.4, -0.2) is 18.0 Å². The Bertz CT molecular complexity index is 871. The summed E-state index contributed by atoms with van der Waals surface area (Å²) in [4.78, 5) is 2.44. The molecule has 1 aliphatic rings. The second-order valence-electron chi connectivity index (χ2n) is 9.05. The van der Waals surface area contributed by atoms with Crippen LogP contribution >= 0.6 is 23.2 Å². The maximum absolute atomic E-state index is 10.6. The Balaban J connectivity index is 1.83. The molecule has 3 rings (SSSR count). The van der Waals surface area contributed by atoms with E-state index in [2.05, 4.69) is 55.3 Å². The van der Waals surface area contributed by atoms with E-state index in [1.807, 2.05) is 18.2 Å². The van der Waals surface area contributed by atoms with Crippen LogP contribution in [-0.2, 0) is 12.0 Å². The molecular weight excluding hydrogens is 423 g/mol. The molecule has 1 aliphatic carbocycles. The first-order valence-corrected chi connectivity index (χ1v) is 12.4. The third kappa shape index (κ3) is 5.83. The van der Waals surface area contributed by atoms with Gasteiger partial charge in [0.05, 0.1) is 21.5 Å². The van der Waals surface area contributed by atoms with E-state index < -0.39 is 5.41 Å². The van der Waals surface area contributed by atoms with Gasteiger partial charge in [-0.3, -0.25) is 4.90 Å². The van der Waals surface area contributed by atoms with Crippen LogP contribution in [0.15, 0.2) is 48.5 Å². The highest BCUT2D eigenvalue weighted by Gasteiger charge is 2.41. The number of halogens is 2. The number of nitriles is 1. The first kappa shape index (κ1) is 24.1. The van der Waals surface area contributed by atoms with Crippen LogP contribution < -0.4 is 0 Å². The largest absolute Gasteiger partial charge is 0.299 e. The normalized spacial score (nSPS) is 17.8. The topological polar surface area (TPSA) is 27.0 Å². The fourth-order valence-electron chi connectivity index (χ4n) is 5.30. The van der Waals surface area contributed by atoms with Crippen LogP contribution in [0.25, 0.3) is 0 Å². The van der Waals surface area contributed by atoms with Crippen LogP contribution in [0.3, 0.4) is 0 Å². The summed E-state index contributed by atoms with van der Waals surface area (Å²) in [5.41, 5.74) is 1.86. The molecule has 4 heteroatoms. The third-order valence-electron chi connectivity index (χ3n) is 7.18. The smallest absolute Gasteiger partial charge is 0.0851 e. The SMILES string of the molecule is CCC(CCC(C#N)(c1ccc(Cl)c(Cl)c1)C1CCCCC1)N(C)Cc1ccccc1. The molecule has 1 saturated carbocycles. The molecule has 1 fully saturated rings. The van der Waals surface area contributed by atoms with E-state index in [0.717, 1.165) is 44.2 Å². The van der Waals surface area contributed by atoms with Crippen molar-refractivity contribution in [3.05, 3.63) is 69.7 Å². The summed E-state index contributed by atoms with van der Waals surface area (Å²) in [5.74, 6) is 0.375. The van der Waals surface area contributed by atoms with Crippen molar-refractivity contribution in [1.29, 1.82) is 5.26 Å². The Morgan fingerprint density at radius 1 is 1.06 bits per heavy atom. The highest BCUT2D eigenvalue weighted by Crippen LogP contribution is 2.45. The quantitative estimate of drug-likeness (QED) is 0.381. The number of rotatable bonds is 9. The molecule has 0 radical (unpaired) electrons. The van der Waals surface area contributed by atoms with E-state index in [9.17, 15) is 5.26 Å². The van der Waals surface area contributed by atoms with Crippen molar-refractivity contribution < 1.29 is 0 Å². The van der Waals surface area contributed by atoms with Crippen LogP contribution in [0.5, 0.6) is 0 Å². The molecule has 0 aromatic heterocycles. The lowest BCUT2D eigenvalue weighted by atomic mass is 9.63. The molecule has 0 aliphatic heterocycles. The molecule has 2 atom stereocenters. The van der Waals surface area contributed by atoms with E-state index >= 15 is 0 Å². The summed E-state index contributed by atoms with van der Waals surface area (Å²) < 4.78 is 0. The minimum atomic E-state index is -0.504. The van der Waals surface area contributed by atoms with Crippen LogP contribution in [0.1, 0.15) is 69.4 Å². The molecule has 0 N–H and O–H groups in total. The summed E-state index contributed by atoms with van der Waals surface area (Å²) in [7, 11) is 2.20. The molecule has 166 valence electrons. The number of hydrogen-bond donors (Lipinski definition) is 0. The van der Waals surface area contributed by atoms with E-state index in [4.69, 9.17) is 23.2 Å². The van der Waals surface area contributed by atoms with Gasteiger partial charge in [0.15, 0.2) is 0 Å². The van der Waals surface area contributed by atoms with Gasteiger partial charge in [0.2, 0.25) is 0 Å². The van der Waals surface area contributed by atoms with E-state index in [1.54, 1.807) is 0 Å². The van der Waals surface area contributed by atoms with Gasteiger partial charge >= 0.3 is 0 Å². The van der Waals surface area contributed by atoms with Crippen molar-refractivity contribution in [2.75, 3.05) is 7.05 Å². The molecule has 0 heterocycles. The highest BCUT2D eigenvalue weighted by atomic mass is 35.5. The third-order valence-corrected chi connectivity index (χ3v) is 7.92. The Hall–Kier alpha value is -1.53. The monoisotopic (exact) mass is 456 g/mol. The lowest BCUT2D eigenvalue weighted by molar-refractivity contribution is 0.179. The van der Waals surface area contributed by atoms with Gasteiger partial charge in [0.25, 0.3) is 0 Å². The average Bonchev–Trinajstić information content (AvgIpc) is 2.80. The summed E-state index contributed by atoms with van der Waals surface area (Å²) in [6.45, 7) is 3.18. The van der Waals surface area contributed by atoms with Crippen molar-refractivity contribution in [3.63, 3.8) is 0 Å². The predicted molar refractivity (Wildman–Crippen MR) is 132 cm³/mol. The Morgan fingerprint density at radius 3 is 2.39 bits per heavy atom. The molecule has 2 aromatic carbocycles. The van der Waals surface area contributed by atoms with Crippen LogP contribution in [0.4, 0.5) is 0 Å². The summed E-state index contributed by atoms with van der Waals surface area (Å²) in [6, 6.07) is 19.7. The van der Waals surface area contributed by atoms with E-state index in [0.29, 0.717) is 22.0 Å². The van der Waals surface area contributed by atoms with Crippen molar-refractivity contribution >= 4 is 23.2 Å². The van der Waals surface area contributed by atoms with Gasteiger partial charge in [-0.05, 0) is 68.3 Å². The zero-order chi connectivity index (χ0) is 22.3. The Labute approximate surface area is 198 Å². The molecule has 0 bridgehead atoms. The first-order chi connectivity index (χ1) is 15.0. The lowest BCUT2D eigenvalue weighted by Crippen LogP contribution is -2.38.